The molecule has 0 bridgehead atoms. The third-order valence-corrected chi connectivity index (χ3v) is 2.72. The van der Waals surface area contributed by atoms with Crippen LogP contribution in [0.4, 0.5) is 5.69 Å². The number of nitrogens with two attached hydrogens (primary N) is 3. The Bertz CT molecular complexity index is 423. The van der Waals surface area contributed by atoms with Crippen LogP contribution in [0.1, 0.15) is 37.8 Å². The molecule has 1 fully saturated rings. The van der Waals surface area contributed by atoms with Crippen LogP contribution in [-0.4, -0.2) is 17.0 Å². The van der Waals surface area contributed by atoms with Gasteiger partial charge in [0, 0.05) is 11.3 Å². The lowest BCUT2D eigenvalue weighted by Crippen LogP contribution is -2.31. The largest absolute Gasteiger partial charge is 0.398 e. The van der Waals surface area contributed by atoms with Gasteiger partial charge in [-0.2, -0.15) is 0 Å². The summed E-state index contributed by atoms with van der Waals surface area (Å²) in [4.78, 5) is 0. The van der Waals surface area contributed by atoms with Gasteiger partial charge in [0.2, 0.25) is 0 Å². The fourth-order valence-electron chi connectivity index (χ4n) is 1.40. The first-order valence-electron chi connectivity index (χ1n) is 6.32. The molecule has 0 aromatic heterocycles. The van der Waals surface area contributed by atoms with Gasteiger partial charge in [0.25, 0.3) is 0 Å². The van der Waals surface area contributed by atoms with Gasteiger partial charge < -0.3 is 11.5 Å². The van der Waals surface area contributed by atoms with Gasteiger partial charge in [0.15, 0.2) is 5.84 Å². The second-order valence-electron chi connectivity index (χ2n) is 4.17. The molecule has 0 unspecified atom stereocenters. The number of hydrazine groups is 1. The monoisotopic (exact) mass is 249 g/mol. The highest BCUT2D eigenvalue weighted by Gasteiger charge is 2.26. The third-order valence-electron chi connectivity index (χ3n) is 2.72. The molecular formula is C13H23N5. The summed E-state index contributed by atoms with van der Waals surface area (Å²) in [7, 11) is 0. The molecule has 100 valence electrons. The highest BCUT2D eigenvalue weighted by molar-refractivity contribution is 5.98. The molecule has 2 rings (SSSR count). The van der Waals surface area contributed by atoms with E-state index in [-0.39, 0.29) is 0 Å². The lowest BCUT2D eigenvalue weighted by Gasteiger charge is -2.12. The van der Waals surface area contributed by atoms with Gasteiger partial charge in [0.05, 0.1) is 6.04 Å². The third kappa shape index (κ3) is 3.63. The molecule has 6 N–H and O–H groups in total. The zero-order valence-corrected chi connectivity index (χ0v) is 11.4. The molecule has 1 aliphatic carbocycles. The molecule has 1 saturated carbocycles. The van der Waals surface area contributed by atoms with Gasteiger partial charge in [0.1, 0.15) is 0 Å². The summed E-state index contributed by atoms with van der Waals surface area (Å²) < 4.78 is 0. The molecule has 0 heterocycles. The molecule has 5 heteroatoms. The number of hydrazone groups is 1. The molecule has 0 amide bonds. The van der Waals surface area contributed by atoms with Crippen LogP contribution in [0.2, 0.25) is 0 Å². The number of hydrogen-bond donors (Lipinski definition) is 3. The SMILES string of the molecule is CC.Cc1ccc(/C(N)=N/N(N)C2CC2)cc1N. The molecule has 1 aliphatic rings. The van der Waals surface area contributed by atoms with Gasteiger partial charge in [-0.3, -0.25) is 0 Å². The first kappa shape index (κ1) is 14.3. The standard InChI is InChI=1S/C11H17N5.C2H6/c1-7-2-3-8(6-10(7)12)11(13)15-16(14)9-4-5-9;1-2/h2-3,6,9H,4-5,12,14H2,1H3,(H2,13,15);1-2H3. The van der Waals surface area contributed by atoms with Crippen LogP contribution in [0.15, 0.2) is 23.3 Å². The summed E-state index contributed by atoms with van der Waals surface area (Å²) in [5.74, 6) is 6.12. The van der Waals surface area contributed by atoms with Crippen molar-refractivity contribution < 1.29 is 0 Å². The Labute approximate surface area is 109 Å². The molecule has 5 nitrogen and oxygen atoms in total. The van der Waals surface area contributed by atoms with Gasteiger partial charge in [-0.25, -0.2) is 11.0 Å². The van der Waals surface area contributed by atoms with Crippen LogP contribution in [0.3, 0.4) is 0 Å². The summed E-state index contributed by atoms with van der Waals surface area (Å²) in [6.45, 7) is 5.95. The number of nitrogen functional groups attached to an aromatic ring is 1. The van der Waals surface area contributed by atoms with Crippen molar-refractivity contribution in [2.24, 2.45) is 16.7 Å². The van der Waals surface area contributed by atoms with Crippen molar-refractivity contribution in [1.82, 2.24) is 5.12 Å². The minimum Gasteiger partial charge on any atom is -0.398 e. The minimum absolute atomic E-state index is 0.348. The molecule has 0 aliphatic heterocycles. The van der Waals surface area contributed by atoms with E-state index in [4.69, 9.17) is 17.3 Å². The number of nitrogens with zero attached hydrogens (tertiary/aromatic N) is 2. The van der Waals surface area contributed by atoms with Crippen molar-refractivity contribution in [1.29, 1.82) is 0 Å². The zero-order chi connectivity index (χ0) is 13.7. The van der Waals surface area contributed by atoms with Crippen LogP contribution in [-0.2, 0) is 0 Å². The molecule has 0 radical (unpaired) electrons. The minimum atomic E-state index is 0.348. The van der Waals surface area contributed by atoms with Gasteiger partial charge in [-0.05, 0) is 31.4 Å². The number of hydrogen-bond acceptors (Lipinski definition) is 4. The quantitative estimate of drug-likeness (QED) is 0.249. The maximum absolute atomic E-state index is 5.85. The van der Waals surface area contributed by atoms with Crippen molar-refractivity contribution in [2.45, 2.75) is 39.7 Å². The van der Waals surface area contributed by atoms with E-state index < -0.39 is 0 Å². The molecule has 1 aromatic carbocycles. The van der Waals surface area contributed by atoms with Crippen molar-refractivity contribution in [2.75, 3.05) is 5.73 Å². The van der Waals surface area contributed by atoms with E-state index in [9.17, 15) is 0 Å². The summed E-state index contributed by atoms with van der Waals surface area (Å²) in [6, 6.07) is 5.98. The van der Waals surface area contributed by atoms with Gasteiger partial charge in [-0.15, -0.1) is 5.10 Å². The highest BCUT2D eigenvalue weighted by Crippen LogP contribution is 2.24. The first-order chi connectivity index (χ1) is 8.58. The Morgan fingerprint density at radius 3 is 2.44 bits per heavy atom. The Morgan fingerprint density at radius 1 is 1.33 bits per heavy atom. The average molecular weight is 249 g/mol. The lowest BCUT2D eigenvalue weighted by molar-refractivity contribution is 0.288. The van der Waals surface area contributed by atoms with E-state index in [2.05, 4.69) is 5.10 Å². The van der Waals surface area contributed by atoms with E-state index in [0.29, 0.717) is 17.6 Å². The van der Waals surface area contributed by atoms with Crippen molar-refractivity contribution in [3.63, 3.8) is 0 Å². The number of anilines is 1. The molecular weight excluding hydrogens is 226 g/mol. The maximum atomic E-state index is 5.85. The van der Waals surface area contributed by atoms with Crippen LogP contribution in [0.25, 0.3) is 0 Å². The maximum Gasteiger partial charge on any atom is 0.152 e. The number of benzene rings is 1. The molecule has 1 aromatic rings. The highest BCUT2D eigenvalue weighted by atomic mass is 15.7. The topological polar surface area (TPSA) is 93.7 Å². The van der Waals surface area contributed by atoms with E-state index in [1.54, 1.807) is 0 Å². The van der Waals surface area contributed by atoms with Crippen LogP contribution >= 0.6 is 0 Å². The number of amidine groups is 1. The van der Waals surface area contributed by atoms with E-state index >= 15 is 0 Å². The van der Waals surface area contributed by atoms with E-state index in [1.165, 1.54) is 5.12 Å². The van der Waals surface area contributed by atoms with Gasteiger partial charge in [-0.1, -0.05) is 26.0 Å². The summed E-state index contributed by atoms with van der Waals surface area (Å²) in [6.07, 6.45) is 2.17. The lowest BCUT2D eigenvalue weighted by atomic mass is 10.1. The summed E-state index contributed by atoms with van der Waals surface area (Å²) in [5.41, 5.74) is 14.2. The Hall–Kier alpha value is -1.75. The predicted octanol–water partition coefficient (Wildman–Crippen LogP) is 1.56. The second-order valence-corrected chi connectivity index (χ2v) is 4.17. The molecule has 0 atom stereocenters. The molecule has 0 spiro atoms. The van der Waals surface area contributed by atoms with Crippen molar-refractivity contribution in [3.05, 3.63) is 29.3 Å². The number of aryl methyl sites for hydroxylation is 1. The Morgan fingerprint density at radius 2 is 1.94 bits per heavy atom. The average Bonchev–Trinajstić information content (AvgIpc) is 3.19. The van der Waals surface area contributed by atoms with Crippen molar-refractivity contribution in [3.8, 4) is 0 Å². The van der Waals surface area contributed by atoms with E-state index in [1.807, 2.05) is 39.0 Å². The molecule has 0 saturated heterocycles. The fraction of sp³-hybridized carbons (Fsp3) is 0.462. The normalized spacial score (nSPS) is 14.8. The fourth-order valence-corrected chi connectivity index (χ4v) is 1.40. The van der Waals surface area contributed by atoms with Crippen molar-refractivity contribution >= 4 is 11.5 Å². The number of rotatable bonds is 3. The van der Waals surface area contributed by atoms with Crippen LogP contribution < -0.4 is 17.3 Å². The summed E-state index contributed by atoms with van der Waals surface area (Å²) >= 11 is 0. The van der Waals surface area contributed by atoms with E-state index in [0.717, 1.165) is 24.0 Å². The van der Waals surface area contributed by atoms with Crippen LogP contribution in [0.5, 0.6) is 0 Å². The summed E-state index contributed by atoms with van der Waals surface area (Å²) in [5, 5.41) is 5.57. The zero-order valence-electron chi connectivity index (χ0n) is 11.4. The first-order valence-corrected chi connectivity index (χ1v) is 6.32. The molecule has 18 heavy (non-hydrogen) atoms. The Balaban J connectivity index is 0.000000771. The van der Waals surface area contributed by atoms with Crippen LogP contribution in [0, 0.1) is 6.92 Å². The van der Waals surface area contributed by atoms with Gasteiger partial charge >= 0.3 is 0 Å². The smallest absolute Gasteiger partial charge is 0.152 e. The Kier molecular flexibility index (Phi) is 4.97. The predicted molar refractivity (Wildman–Crippen MR) is 76.7 cm³/mol. The second kappa shape index (κ2) is 6.26.